The molecule has 0 N–H and O–H groups in total. The molecular weight excluding hydrogens is 314 g/mol. The van der Waals surface area contributed by atoms with Gasteiger partial charge in [-0.2, -0.15) is 5.10 Å². The van der Waals surface area contributed by atoms with Crippen molar-refractivity contribution < 1.29 is 9.53 Å². The number of carbonyl (C=O) groups excluding carboxylic acids is 1. The Balaban J connectivity index is 1.90. The number of hydrogen-bond acceptors (Lipinski definition) is 3. The van der Waals surface area contributed by atoms with Crippen LogP contribution < -0.4 is 0 Å². The van der Waals surface area contributed by atoms with Crippen molar-refractivity contribution in [3.05, 3.63) is 53.3 Å². The molecule has 1 aromatic carbocycles. The van der Waals surface area contributed by atoms with Gasteiger partial charge in [0, 0.05) is 13.6 Å². The molecule has 25 heavy (non-hydrogen) atoms. The zero-order valence-corrected chi connectivity index (χ0v) is 15.7. The first-order chi connectivity index (χ1) is 11.8. The van der Waals surface area contributed by atoms with Crippen LogP contribution in [0.2, 0.25) is 0 Å². The molecule has 1 aliphatic heterocycles. The Kier molecular flexibility index (Phi) is 4.69. The van der Waals surface area contributed by atoms with E-state index in [9.17, 15) is 4.79 Å². The molecule has 0 saturated carbocycles. The van der Waals surface area contributed by atoms with E-state index < -0.39 is 0 Å². The van der Waals surface area contributed by atoms with Gasteiger partial charge in [0.2, 0.25) is 0 Å². The summed E-state index contributed by atoms with van der Waals surface area (Å²) in [7, 11) is 1.82. The molecule has 2 atom stereocenters. The fourth-order valence-corrected chi connectivity index (χ4v) is 3.23. The fraction of sp³-hybridized carbons (Fsp3) is 0.500. The van der Waals surface area contributed by atoms with Gasteiger partial charge in [0.05, 0.1) is 18.3 Å². The summed E-state index contributed by atoms with van der Waals surface area (Å²) in [6.07, 6.45) is -0.137. The van der Waals surface area contributed by atoms with Gasteiger partial charge in [-0.25, -0.2) is 0 Å². The number of aromatic nitrogens is 2. The second kappa shape index (κ2) is 6.64. The second-order valence-electron chi connectivity index (χ2n) is 7.89. The van der Waals surface area contributed by atoms with Crippen molar-refractivity contribution >= 4 is 5.91 Å². The molecule has 1 fully saturated rings. The summed E-state index contributed by atoms with van der Waals surface area (Å²) < 4.78 is 8.04. The van der Waals surface area contributed by atoms with E-state index in [1.807, 2.05) is 43.1 Å². The maximum absolute atomic E-state index is 13.1. The normalized spacial score (nSPS) is 21.4. The van der Waals surface area contributed by atoms with Gasteiger partial charge >= 0.3 is 0 Å². The van der Waals surface area contributed by atoms with Gasteiger partial charge in [0.1, 0.15) is 11.8 Å². The minimum atomic E-state index is -0.113. The Morgan fingerprint density at radius 1 is 1.20 bits per heavy atom. The number of benzene rings is 1. The van der Waals surface area contributed by atoms with Gasteiger partial charge in [0.15, 0.2) is 0 Å². The van der Waals surface area contributed by atoms with Crippen LogP contribution in [-0.2, 0) is 11.8 Å². The van der Waals surface area contributed by atoms with Crippen molar-refractivity contribution in [1.29, 1.82) is 0 Å². The van der Waals surface area contributed by atoms with E-state index in [-0.39, 0.29) is 23.5 Å². The van der Waals surface area contributed by atoms with Crippen LogP contribution in [0.3, 0.4) is 0 Å². The van der Waals surface area contributed by atoms with Gasteiger partial charge in [-0.3, -0.25) is 9.48 Å². The number of amides is 1. The standard InChI is InChI=1S/C20H27N3O2/c1-14-11-16(22(5)21-14)19(24)23-12-17(15-9-7-6-8-10-15)25-18(13-23)20(2,3)4/h6-11,17-18H,12-13H2,1-5H3/t17-,18+/m0/s1. The van der Waals surface area contributed by atoms with Gasteiger partial charge in [0.25, 0.3) is 5.91 Å². The monoisotopic (exact) mass is 341 g/mol. The molecule has 0 unspecified atom stereocenters. The molecule has 1 saturated heterocycles. The van der Waals surface area contributed by atoms with Crippen molar-refractivity contribution in [3.8, 4) is 0 Å². The molecule has 1 aliphatic rings. The second-order valence-corrected chi connectivity index (χ2v) is 7.89. The Bertz CT molecular complexity index is 746. The lowest BCUT2D eigenvalue weighted by atomic mass is 9.87. The third-order valence-electron chi connectivity index (χ3n) is 4.75. The molecule has 5 nitrogen and oxygen atoms in total. The zero-order valence-electron chi connectivity index (χ0n) is 15.7. The van der Waals surface area contributed by atoms with Crippen LogP contribution in [0.4, 0.5) is 0 Å². The highest BCUT2D eigenvalue weighted by Gasteiger charge is 2.38. The molecule has 2 aromatic rings. The number of morpholine rings is 1. The number of aryl methyl sites for hydroxylation is 2. The molecule has 134 valence electrons. The fourth-order valence-electron chi connectivity index (χ4n) is 3.23. The van der Waals surface area contributed by atoms with Crippen molar-refractivity contribution in [2.45, 2.75) is 39.9 Å². The van der Waals surface area contributed by atoms with Crippen LogP contribution in [0.1, 0.15) is 48.6 Å². The molecule has 5 heteroatoms. The van der Waals surface area contributed by atoms with E-state index in [1.54, 1.807) is 4.68 Å². The van der Waals surface area contributed by atoms with Crippen LogP contribution in [0, 0.1) is 12.3 Å². The molecule has 0 bridgehead atoms. The smallest absolute Gasteiger partial charge is 0.272 e. The summed E-state index contributed by atoms with van der Waals surface area (Å²) in [6.45, 7) is 9.52. The van der Waals surface area contributed by atoms with Crippen LogP contribution >= 0.6 is 0 Å². The van der Waals surface area contributed by atoms with E-state index >= 15 is 0 Å². The Morgan fingerprint density at radius 2 is 1.88 bits per heavy atom. The van der Waals surface area contributed by atoms with E-state index in [0.717, 1.165) is 11.3 Å². The third kappa shape index (κ3) is 3.76. The lowest BCUT2D eigenvalue weighted by Gasteiger charge is -2.43. The van der Waals surface area contributed by atoms with E-state index in [0.29, 0.717) is 18.8 Å². The molecule has 3 rings (SSSR count). The summed E-state index contributed by atoms with van der Waals surface area (Å²) in [6, 6.07) is 12.0. The largest absolute Gasteiger partial charge is 0.366 e. The average molecular weight is 341 g/mol. The Labute approximate surface area is 149 Å². The predicted molar refractivity (Wildman–Crippen MR) is 97.4 cm³/mol. The molecule has 1 aromatic heterocycles. The highest BCUT2D eigenvalue weighted by molar-refractivity contribution is 5.92. The van der Waals surface area contributed by atoms with Gasteiger partial charge < -0.3 is 9.64 Å². The highest BCUT2D eigenvalue weighted by atomic mass is 16.5. The average Bonchev–Trinajstić information content (AvgIpc) is 2.92. The van der Waals surface area contributed by atoms with Crippen LogP contribution in [-0.4, -0.2) is 39.8 Å². The minimum absolute atomic E-state index is 0.0154. The Morgan fingerprint density at radius 3 is 2.44 bits per heavy atom. The number of carbonyl (C=O) groups is 1. The topological polar surface area (TPSA) is 47.4 Å². The summed E-state index contributed by atoms with van der Waals surface area (Å²) in [5, 5.41) is 4.31. The van der Waals surface area contributed by atoms with Crippen molar-refractivity contribution in [3.63, 3.8) is 0 Å². The quantitative estimate of drug-likeness (QED) is 0.841. The SMILES string of the molecule is Cc1cc(C(=O)N2C[C@@H](c3ccccc3)O[C@@H](C(C)(C)C)C2)n(C)n1. The first-order valence-corrected chi connectivity index (χ1v) is 8.76. The summed E-state index contributed by atoms with van der Waals surface area (Å²) >= 11 is 0. The van der Waals surface area contributed by atoms with E-state index in [4.69, 9.17) is 4.74 Å². The van der Waals surface area contributed by atoms with Crippen LogP contribution in [0.25, 0.3) is 0 Å². The van der Waals surface area contributed by atoms with Crippen molar-refractivity contribution in [1.82, 2.24) is 14.7 Å². The van der Waals surface area contributed by atoms with Gasteiger partial charge in [-0.1, -0.05) is 51.1 Å². The van der Waals surface area contributed by atoms with Crippen molar-refractivity contribution in [2.24, 2.45) is 12.5 Å². The predicted octanol–water partition coefficient (Wildman–Crippen LogP) is 3.36. The molecule has 0 radical (unpaired) electrons. The van der Waals surface area contributed by atoms with Crippen molar-refractivity contribution in [2.75, 3.05) is 13.1 Å². The Hall–Kier alpha value is -2.14. The van der Waals surface area contributed by atoms with Gasteiger partial charge in [-0.15, -0.1) is 0 Å². The molecule has 0 spiro atoms. The van der Waals surface area contributed by atoms with Crippen LogP contribution in [0.15, 0.2) is 36.4 Å². The first-order valence-electron chi connectivity index (χ1n) is 8.76. The molecule has 0 aliphatic carbocycles. The number of rotatable bonds is 2. The van der Waals surface area contributed by atoms with E-state index in [2.05, 4.69) is 38.0 Å². The van der Waals surface area contributed by atoms with Crippen LogP contribution in [0.5, 0.6) is 0 Å². The molecular formula is C20H27N3O2. The number of ether oxygens (including phenoxy) is 1. The lowest BCUT2D eigenvalue weighted by molar-refractivity contribution is -0.119. The van der Waals surface area contributed by atoms with Gasteiger partial charge in [-0.05, 0) is 24.0 Å². The first kappa shape index (κ1) is 17.7. The lowest BCUT2D eigenvalue weighted by Crippen LogP contribution is -2.51. The molecule has 2 heterocycles. The number of nitrogens with zero attached hydrogens (tertiary/aromatic N) is 3. The summed E-state index contributed by atoms with van der Waals surface area (Å²) in [5.74, 6) is 0.0154. The minimum Gasteiger partial charge on any atom is -0.366 e. The third-order valence-corrected chi connectivity index (χ3v) is 4.75. The highest BCUT2D eigenvalue weighted by Crippen LogP contribution is 2.34. The van der Waals surface area contributed by atoms with E-state index in [1.165, 1.54) is 0 Å². The summed E-state index contributed by atoms with van der Waals surface area (Å²) in [5.41, 5.74) is 2.54. The maximum Gasteiger partial charge on any atom is 0.272 e. The maximum atomic E-state index is 13.1. The molecule has 1 amide bonds. The number of hydrogen-bond donors (Lipinski definition) is 0. The summed E-state index contributed by atoms with van der Waals surface area (Å²) in [4.78, 5) is 15.0. The zero-order chi connectivity index (χ0) is 18.2.